The third kappa shape index (κ3) is 2.61. The van der Waals surface area contributed by atoms with Crippen LogP contribution in [0.5, 0.6) is 0 Å². The Morgan fingerprint density at radius 3 is 2.38 bits per heavy atom. The molecule has 5 nitrogen and oxygen atoms in total. The lowest BCUT2D eigenvalue weighted by Gasteiger charge is -2.26. The number of nitro groups is 1. The topological polar surface area (TPSA) is 63.4 Å². The first-order valence-corrected chi connectivity index (χ1v) is 6.84. The molecule has 0 bridgehead atoms. The fourth-order valence-electron chi connectivity index (χ4n) is 1.63. The van der Waals surface area contributed by atoms with Crippen LogP contribution >= 0.6 is 7.95 Å². The maximum atomic E-state index is 11.6. The molecule has 6 heteroatoms. The van der Waals surface area contributed by atoms with Crippen molar-refractivity contribution in [2.24, 2.45) is 0 Å². The normalized spacial score (nSPS) is 12.5. The van der Waals surface area contributed by atoms with E-state index >= 15 is 0 Å². The minimum Gasteiger partial charge on any atom is -0.316 e. The van der Waals surface area contributed by atoms with Crippen molar-refractivity contribution in [1.29, 1.82) is 0 Å². The first kappa shape index (κ1) is 12.7. The number of benzene rings is 1. The SMILES string of the molecule is CC(C)N(c1ccccc1[N+](=O)[O-])[PH](C)=O. The highest BCUT2D eigenvalue weighted by molar-refractivity contribution is 7.45. The minimum atomic E-state index is -2.00. The van der Waals surface area contributed by atoms with Gasteiger partial charge in [-0.15, -0.1) is 0 Å². The van der Waals surface area contributed by atoms with Crippen LogP contribution in [0.25, 0.3) is 0 Å². The van der Waals surface area contributed by atoms with Gasteiger partial charge in [0.05, 0.1) is 4.92 Å². The maximum absolute atomic E-state index is 11.6. The van der Waals surface area contributed by atoms with Gasteiger partial charge in [0, 0.05) is 18.8 Å². The van der Waals surface area contributed by atoms with Gasteiger partial charge in [-0.2, -0.15) is 0 Å². The molecule has 0 heterocycles. The van der Waals surface area contributed by atoms with E-state index in [1.54, 1.807) is 29.5 Å². The summed E-state index contributed by atoms with van der Waals surface area (Å²) in [4.78, 5) is 10.4. The summed E-state index contributed by atoms with van der Waals surface area (Å²) >= 11 is 0. The smallest absolute Gasteiger partial charge is 0.292 e. The fraction of sp³-hybridized carbons (Fsp3) is 0.400. The van der Waals surface area contributed by atoms with Crippen molar-refractivity contribution < 1.29 is 9.49 Å². The molecular weight excluding hydrogens is 227 g/mol. The summed E-state index contributed by atoms with van der Waals surface area (Å²) in [6.45, 7) is 5.31. The van der Waals surface area contributed by atoms with Crippen molar-refractivity contribution in [2.75, 3.05) is 11.3 Å². The molecular formula is C10H15N2O3P. The highest BCUT2D eigenvalue weighted by Gasteiger charge is 2.22. The summed E-state index contributed by atoms with van der Waals surface area (Å²) in [5.74, 6) is 0. The van der Waals surface area contributed by atoms with E-state index in [2.05, 4.69) is 0 Å². The van der Waals surface area contributed by atoms with Gasteiger partial charge in [-0.25, -0.2) is 0 Å². The quantitative estimate of drug-likeness (QED) is 0.462. The number of rotatable bonds is 4. The highest BCUT2D eigenvalue weighted by Crippen LogP contribution is 2.38. The number of hydrogen-bond donors (Lipinski definition) is 0. The maximum Gasteiger partial charge on any atom is 0.292 e. The fourth-order valence-corrected chi connectivity index (χ4v) is 2.89. The second-order valence-electron chi connectivity index (χ2n) is 3.73. The molecule has 16 heavy (non-hydrogen) atoms. The van der Waals surface area contributed by atoms with Crippen LogP contribution in [-0.2, 0) is 4.57 Å². The van der Waals surface area contributed by atoms with Crippen molar-refractivity contribution in [3.63, 3.8) is 0 Å². The lowest BCUT2D eigenvalue weighted by Crippen LogP contribution is -2.23. The van der Waals surface area contributed by atoms with E-state index in [1.807, 2.05) is 13.8 Å². The third-order valence-corrected chi connectivity index (χ3v) is 3.63. The van der Waals surface area contributed by atoms with E-state index in [0.717, 1.165) is 0 Å². The third-order valence-electron chi connectivity index (χ3n) is 2.19. The van der Waals surface area contributed by atoms with Gasteiger partial charge >= 0.3 is 0 Å². The molecule has 0 N–H and O–H groups in total. The number of para-hydroxylation sites is 2. The molecule has 1 unspecified atom stereocenters. The molecule has 1 aromatic carbocycles. The van der Waals surface area contributed by atoms with Gasteiger partial charge in [-0.1, -0.05) is 12.1 Å². The Bertz CT molecular complexity index is 420. The van der Waals surface area contributed by atoms with E-state index in [0.29, 0.717) is 5.69 Å². The predicted octanol–water partition coefficient (Wildman–Crippen LogP) is 2.91. The van der Waals surface area contributed by atoms with Gasteiger partial charge in [-0.3, -0.25) is 10.1 Å². The number of anilines is 1. The molecule has 1 atom stereocenters. The molecule has 1 aromatic rings. The Balaban J connectivity index is 3.29. The molecule has 0 aliphatic rings. The van der Waals surface area contributed by atoms with Crippen molar-refractivity contribution >= 4 is 19.3 Å². The van der Waals surface area contributed by atoms with Crippen LogP contribution in [0, 0.1) is 10.1 Å². The summed E-state index contributed by atoms with van der Waals surface area (Å²) in [5, 5.41) is 10.9. The molecule has 0 saturated carbocycles. The van der Waals surface area contributed by atoms with E-state index in [1.165, 1.54) is 6.07 Å². The van der Waals surface area contributed by atoms with Crippen molar-refractivity contribution in [2.45, 2.75) is 19.9 Å². The second-order valence-corrected chi connectivity index (χ2v) is 5.25. The average molecular weight is 242 g/mol. The minimum absolute atomic E-state index is 0.00333. The Kier molecular flexibility index (Phi) is 4.07. The van der Waals surface area contributed by atoms with Crippen molar-refractivity contribution in [3.05, 3.63) is 34.4 Å². The van der Waals surface area contributed by atoms with E-state index in [-0.39, 0.29) is 11.7 Å². The molecule has 0 aliphatic carbocycles. The van der Waals surface area contributed by atoms with Gasteiger partial charge < -0.3 is 9.24 Å². The zero-order valence-electron chi connectivity index (χ0n) is 9.51. The van der Waals surface area contributed by atoms with Crippen molar-refractivity contribution in [3.8, 4) is 0 Å². The lowest BCUT2D eigenvalue weighted by atomic mass is 10.2. The zero-order chi connectivity index (χ0) is 12.3. The van der Waals surface area contributed by atoms with Crippen LogP contribution in [0.15, 0.2) is 24.3 Å². The van der Waals surface area contributed by atoms with Crippen LogP contribution < -0.4 is 4.67 Å². The van der Waals surface area contributed by atoms with Crippen LogP contribution in [0.4, 0.5) is 11.4 Å². The Labute approximate surface area is 95.1 Å². The van der Waals surface area contributed by atoms with E-state index in [4.69, 9.17) is 0 Å². The van der Waals surface area contributed by atoms with Crippen LogP contribution in [0.2, 0.25) is 0 Å². The summed E-state index contributed by atoms with van der Waals surface area (Å²) in [5.41, 5.74) is 0.422. The molecule has 0 amide bonds. The summed E-state index contributed by atoms with van der Waals surface area (Å²) in [7, 11) is -2.00. The monoisotopic (exact) mass is 242 g/mol. The van der Waals surface area contributed by atoms with Crippen LogP contribution in [0.1, 0.15) is 13.8 Å². The van der Waals surface area contributed by atoms with Gasteiger partial charge in [-0.05, 0) is 19.9 Å². The molecule has 88 valence electrons. The largest absolute Gasteiger partial charge is 0.316 e. The first-order chi connectivity index (χ1) is 7.45. The highest BCUT2D eigenvalue weighted by atomic mass is 31.1. The van der Waals surface area contributed by atoms with E-state index in [9.17, 15) is 14.7 Å². The summed E-state index contributed by atoms with van der Waals surface area (Å²) in [6, 6.07) is 6.34. The standard InChI is InChI=1S/C10H15N2O3P/c1-8(2)11(16(3)15)9-6-4-5-7-10(9)12(13)14/h4-8,16H,1-3H3. The van der Waals surface area contributed by atoms with Crippen LogP contribution in [-0.4, -0.2) is 17.6 Å². The van der Waals surface area contributed by atoms with Gasteiger partial charge in [0.15, 0.2) is 7.95 Å². The van der Waals surface area contributed by atoms with E-state index < -0.39 is 12.9 Å². The second kappa shape index (κ2) is 5.12. The van der Waals surface area contributed by atoms with Crippen LogP contribution in [0.3, 0.4) is 0 Å². The first-order valence-electron chi connectivity index (χ1n) is 4.98. The summed E-state index contributed by atoms with van der Waals surface area (Å²) in [6.07, 6.45) is 0. The molecule has 1 rings (SSSR count). The molecule has 0 aromatic heterocycles. The number of nitrogens with zero attached hydrogens (tertiary/aromatic N) is 2. The Morgan fingerprint density at radius 2 is 1.94 bits per heavy atom. The molecule has 0 radical (unpaired) electrons. The van der Waals surface area contributed by atoms with Gasteiger partial charge in [0.1, 0.15) is 5.69 Å². The Morgan fingerprint density at radius 1 is 1.38 bits per heavy atom. The van der Waals surface area contributed by atoms with Crippen molar-refractivity contribution in [1.82, 2.24) is 0 Å². The molecule has 0 fully saturated rings. The Hall–Kier alpha value is -1.35. The predicted molar refractivity (Wildman–Crippen MR) is 65.6 cm³/mol. The number of nitro benzene ring substituents is 1. The van der Waals surface area contributed by atoms with Gasteiger partial charge in [0.2, 0.25) is 0 Å². The number of hydrogen-bond acceptors (Lipinski definition) is 3. The molecule has 0 saturated heterocycles. The molecule has 0 aliphatic heterocycles. The van der Waals surface area contributed by atoms with Gasteiger partial charge in [0.25, 0.3) is 5.69 Å². The lowest BCUT2D eigenvalue weighted by molar-refractivity contribution is -0.384. The summed E-state index contributed by atoms with van der Waals surface area (Å²) < 4.78 is 13.2. The average Bonchev–Trinajstić information content (AvgIpc) is 2.17. The zero-order valence-corrected chi connectivity index (χ0v) is 10.5. The molecule has 0 spiro atoms.